The summed E-state index contributed by atoms with van der Waals surface area (Å²) in [5.74, 6) is 0.556. The molecule has 7 heteroatoms. The molecule has 4 aromatic rings. The zero-order valence-electron chi connectivity index (χ0n) is 21.7. The average Bonchev–Trinajstić information content (AvgIpc) is 3.66. The van der Waals surface area contributed by atoms with Gasteiger partial charge in [0.1, 0.15) is 11.8 Å². The Bertz CT molecular complexity index is 1470. The number of fused-ring (bicyclic) bond motifs is 1. The van der Waals surface area contributed by atoms with Crippen molar-refractivity contribution < 1.29 is 14.6 Å². The van der Waals surface area contributed by atoms with E-state index in [0.717, 1.165) is 90.1 Å². The largest absolute Gasteiger partial charge is 0.392 e. The van der Waals surface area contributed by atoms with Gasteiger partial charge in [-0.05, 0) is 91.1 Å². The Morgan fingerprint density at radius 1 is 1.08 bits per heavy atom. The number of aliphatic hydroxyl groups excluding tert-OH is 1. The van der Waals surface area contributed by atoms with Crippen LogP contribution in [0.3, 0.4) is 0 Å². The van der Waals surface area contributed by atoms with Gasteiger partial charge >= 0.3 is 0 Å². The lowest BCUT2D eigenvalue weighted by Crippen LogP contribution is -2.26. The number of hydrogen-bond donors (Lipinski definition) is 3. The molecule has 0 radical (unpaired) electrons. The number of amides is 1. The number of anilines is 1. The van der Waals surface area contributed by atoms with E-state index in [4.69, 9.17) is 9.72 Å². The molecule has 7 nitrogen and oxygen atoms in total. The van der Waals surface area contributed by atoms with E-state index in [1.54, 1.807) is 0 Å². The van der Waals surface area contributed by atoms with Gasteiger partial charge in [-0.15, -0.1) is 0 Å². The van der Waals surface area contributed by atoms with Crippen LogP contribution < -0.4 is 10.6 Å². The molecular weight excluding hydrogens is 476 g/mol. The lowest BCUT2D eigenvalue weighted by atomic mass is 9.98. The van der Waals surface area contributed by atoms with Crippen molar-refractivity contribution in [3.8, 4) is 16.8 Å². The Labute approximate surface area is 222 Å². The first kappa shape index (κ1) is 24.6. The summed E-state index contributed by atoms with van der Waals surface area (Å²) in [6, 6.07) is 18.5. The fourth-order valence-corrected chi connectivity index (χ4v) is 5.30. The smallest absolute Gasteiger partial charge is 0.251 e. The molecule has 3 N–H and O–H groups in total. The first-order valence-corrected chi connectivity index (χ1v) is 13.5. The summed E-state index contributed by atoms with van der Waals surface area (Å²) in [7, 11) is 0. The number of carbonyl (C=O) groups is 1. The number of aromatic nitrogens is 2. The maximum absolute atomic E-state index is 12.7. The number of imidazole rings is 1. The van der Waals surface area contributed by atoms with Gasteiger partial charge in [0.05, 0.1) is 17.8 Å². The second-order valence-electron chi connectivity index (χ2n) is 10.5. The second kappa shape index (κ2) is 10.6. The van der Waals surface area contributed by atoms with Crippen LogP contribution in [-0.2, 0) is 11.3 Å². The number of nitrogens with one attached hydrogen (secondary N) is 2. The minimum Gasteiger partial charge on any atom is -0.392 e. The number of hydrogen-bond acceptors (Lipinski definition) is 5. The molecule has 3 aromatic carbocycles. The quantitative estimate of drug-likeness (QED) is 0.302. The van der Waals surface area contributed by atoms with Crippen LogP contribution in [-0.4, -0.2) is 46.4 Å². The molecule has 0 atom stereocenters. The molecule has 2 fully saturated rings. The van der Waals surface area contributed by atoms with Gasteiger partial charge in [-0.1, -0.05) is 24.3 Å². The normalized spacial score (nSPS) is 16.1. The summed E-state index contributed by atoms with van der Waals surface area (Å²) >= 11 is 0. The third-order valence-corrected chi connectivity index (χ3v) is 7.72. The average molecular weight is 511 g/mol. The summed E-state index contributed by atoms with van der Waals surface area (Å²) in [5, 5.41) is 16.8. The molecule has 0 spiro atoms. The van der Waals surface area contributed by atoms with E-state index in [-0.39, 0.29) is 12.5 Å². The van der Waals surface area contributed by atoms with E-state index < -0.39 is 0 Å². The predicted molar refractivity (Wildman–Crippen MR) is 150 cm³/mol. The predicted octanol–water partition coefficient (Wildman–Crippen LogP) is 5.22. The molecule has 1 saturated heterocycles. The van der Waals surface area contributed by atoms with E-state index in [0.29, 0.717) is 17.5 Å². The van der Waals surface area contributed by atoms with E-state index in [9.17, 15) is 9.90 Å². The first-order chi connectivity index (χ1) is 18.6. The molecule has 1 aliphatic heterocycles. The molecule has 1 saturated carbocycles. The summed E-state index contributed by atoms with van der Waals surface area (Å²) in [5.41, 5.74) is 8.36. The van der Waals surface area contributed by atoms with Gasteiger partial charge in [0.25, 0.3) is 5.91 Å². The second-order valence-corrected chi connectivity index (χ2v) is 10.5. The van der Waals surface area contributed by atoms with Gasteiger partial charge in [-0.2, -0.15) is 0 Å². The van der Waals surface area contributed by atoms with Crippen LogP contribution >= 0.6 is 0 Å². The van der Waals surface area contributed by atoms with Crippen LogP contribution in [0.2, 0.25) is 0 Å². The summed E-state index contributed by atoms with van der Waals surface area (Å²) < 4.78 is 7.62. The summed E-state index contributed by atoms with van der Waals surface area (Å²) in [6.45, 7) is 4.44. The molecule has 0 unspecified atom stereocenters. The zero-order valence-corrected chi connectivity index (χ0v) is 21.7. The molecule has 6 rings (SSSR count). The third kappa shape index (κ3) is 5.04. The number of benzene rings is 3. The van der Waals surface area contributed by atoms with Crippen molar-refractivity contribution in [3.63, 3.8) is 0 Å². The van der Waals surface area contributed by atoms with Crippen molar-refractivity contribution in [1.29, 1.82) is 0 Å². The Balaban J connectivity index is 1.40. The van der Waals surface area contributed by atoms with Gasteiger partial charge in [0, 0.05) is 37.1 Å². The minimum absolute atomic E-state index is 0.00506. The summed E-state index contributed by atoms with van der Waals surface area (Å²) in [6.07, 6.45) is 6.09. The van der Waals surface area contributed by atoms with Crippen molar-refractivity contribution in [1.82, 2.24) is 14.9 Å². The number of rotatable bonds is 8. The fraction of sp³-hybridized carbons (Fsp3) is 0.355. The van der Waals surface area contributed by atoms with E-state index in [2.05, 4.69) is 27.3 Å². The molecule has 196 valence electrons. The van der Waals surface area contributed by atoms with Gasteiger partial charge in [-0.3, -0.25) is 9.36 Å². The highest BCUT2D eigenvalue weighted by Crippen LogP contribution is 2.34. The van der Waals surface area contributed by atoms with Crippen molar-refractivity contribution in [2.45, 2.75) is 45.3 Å². The van der Waals surface area contributed by atoms with Crippen LogP contribution in [0.25, 0.3) is 27.8 Å². The topological polar surface area (TPSA) is 88.4 Å². The standard InChI is InChI=1S/C31H34N4O3/c1-20-14-25(8-9-26(20)31(37)34-24-6-7-24)35-19-33-30-28(32-17-21-10-12-38-13-11-21)15-23(16-29(30)35)27-5-3-2-4-22(27)18-36/h2-5,8-9,14-16,19,21,24,32,36H,6-7,10-13,17-18H2,1H3,(H,34,37). The lowest BCUT2D eigenvalue weighted by molar-refractivity contribution is 0.0699. The van der Waals surface area contributed by atoms with Crippen LogP contribution in [0.4, 0.5) is 5.69 Å². The summed E-state index contributed by atoms with van der Waals surface area (Å²) in [4.78, 5) is 17.5. The Kier molecular flexibility index (Phi) is 6.87. The van der Waals surface area contributed by atoms with Crippen molar-refractivity contribution in [3.05, 3.63) is 77.6 Å². The number of carbonyl (C=O) groups excluding carboxylic acids is 1. The Hall–Kier alpha value is -3.68. The number of nitrogens with zero attached hydrogens (tertiary/aromatic N) is 2. The van der Waals surface area contributed by atoms with Crippen molar-refractivity contribution >= 4 is 22.6 Å². The molecule has 1 amide bonds. The molecule has 2 heterocycles. The highest BCUT2D eigenvalue weighted by Gasteiger charge is 2.24. The Morgan fingerprint density at radius 3 is 2.66 bits per heavy atom. The van der Waals surface area contributed by atoms with Crippen molar-refractivity contribution in [2.75, 3.05) is 25.1 Å². The van der Waals surface area contributed by atoms with Crippen molar-refractivity contribution in [2.24, 2.45) is 5.92 Å². The molecule has 1 aromatic heterocycles. The number of ether oxygens (including phenoxy) is 1. The van der Waals surface area contributed by atoms with E-state index in [1.807, 2.05) is 55.7 Å². The van der Waals surface area contributed by atoms with Gasteiger partial charge in [0.2, 0.25) is 0 Å². The van der Waals surface area contributed by atoms with Crippen LogP contribution in [0, 0.1) is 12.8 Å². The highest BCUT2D eigenvalue weighted by molar-refractivity contribution is 5.97. The maximum Gasteiger partial charge on any atom is 0.251 e. The minimum atomic E-state index is -0.0259. The molecule has 2 aliphatic rings. The molecule has 1 aliphatic carbocycles. The monoisotopic (exact) mass is 510 g/mol. The lowest BCUT2D eigenvalue weighted by Gasteiger charge is -2.23. The van der Waals surface area contributed by atoms with E-state index >= 15 is 0 Å². The Morgan fingerprint density at radius 2 is 1.89 bits per heavy atom. The molecule has 38 heavy (non-hydrogen) atoms. The third-order valence-electron chi connectivity index (χ3n) is 7.72. The van der Waals surface area contributed by atoms with Gasteiger partial charge < -0.3 is 20.5 Å². The highest BCUT2D eigenvalue weighted by atomic mass is 16.5. The van der Waals surface area contributed by atoms with Gasteiger partial charge in [-0.25, -0.2) is 4.98 Å². The number of aliphatic hydroxyl groups is 1. The molecule has 0 bridgehead atoms. The van der Waals surface area contributed by atoms with Crippen LogP contribution in [0.5, 0.6) is 0 Å². The van der Waals surface area contributed by atoms with E-state index in [1.165, 1.54) is 0 Å². The SMILES string of the molecule is Cc1cc(-n2cnc3c(NCC4CCOCC4)cc(-c4ccccc4CO)cc32)ccc1C(=O)NC1CC1. The fourth-order valence-electron chi connectivity index (χ4n) is 5.30. The molecular formula is C31H34N4O3. The van der Waals surface area contributed by atoms with Gasteiger partial charge in [0.15, 0.2) is 0 Å². The number of aryl methyl sites for hydroxylation is 1. The first-order valence-electron chi connectivity index (χ1n) is 13.5. The zero-order chi connectivity index (χ0) is 26.1. The van der Waals surface area contributed by atoms with Crippen LogP contribution in [0.1, 0.15) is 47.2 Å². The van der Waals surface area contributed by atoms with Crippen LogP contribution in [0.15, 0.2) is 60.9 Å². The maximum atomic E-state index is 12.7.